The molecule has 0 radical (unpaired) electrons. The third-order valence-corrected chi connectivity index (χ3v) is 6.76. The maximum atomic E-state index is 12.7. The number of hydrogen-bond acceptors (Lipinski definition) is 6. The van der Waals surface area contributed by atoms with Crippen molar-refractivity contribution in [2.75, 3.05) is 52.4 Å². The molecule has 3 aliphatic heterocycles. The first-order chi connectivity index (χ1) is 14.5. The summed E-state index contributed by atoms with van der Waals surface area (Å²) in [6.07, 6.45) is 6.30. The highest BCUT2D eigenvalue weighted by Gasteiger charge is 2.52. The van der Waals surface area contributed by atoms with Crippen LogP contribution in [-0.4, -0.2) is 101 Å². The molecule has 3 heterocycles. The van der Waals surface area contributed by atoms with Crippen LogP contribution < -0.4 is 10.7 Å². The zero-order valence-electron chi connectivity index (χ0n) is 17.5. The topological polar surface area (TPSA) is 105 Å². The van der Waals surface area contributed by atoms with E-state index in [0.717, 1.165) is 63.3 Å². The Kier molecular flexibility index (Phi) is 6.24. The van der Waals surface area contributed by atoms with Gasteiger partial charge in [0.2, 0.25) is 5.91 Å². The number of imide groups is 1. The van der Waals surface area contributed by atoms with E-state index in [9.17, 15) is 19.2 Å². The molecule has 3 saturated heterocycles. The number of carbonyl (C=O) groups excluding carboxylic acids is 4. The zero-order valence-corrected chi connectivity index (χ0v) is 17.5. The fourth-order valence-corrected chi connectivity index (χ4v) is 4.94. The minimum absolute atomic E-state index is 0.123. The SMILES string of the molecule is O=C(CN1CCN(CC(=O)N2CCCC2)CC1)NN1C(=O)NC2(CCCCC2)C1=O. The molecule has 0 aromatic carbocycles. The van der Waals surface area contributed by atoms with E-state index < -0.39 is 11.6 Å². The summed E-state index contributed by atoms with van der Waals surface area (Å²) in [6, 6.07) is -0.541. The van der Waals surface area contributed by atoms with E-state index in [1.54, 1.807) is 0 Å². The van der Waals surface area contributed by atoms with E-state index in [1.807, 2.05) is 9.80 Å². The highest BCUT2D eigenvalue weighted by atomic mass is 16.2. The smallest absolute Gasteiger partial charge is 0.342 e. The van der Waals surface area contributed by atoms with Crippen LogP contribution in [0.3, 0.4) is 0 Å². The van der Waals surface area contributed by atoms with Crippen molar-refractivity contribution in [2.45, 2.75) is 50.5 Å². The van der Waals surface area contributed by atoms with E-state index in [4.69, 9.17) is 0 Å². The number of amides is 5. The molecule has 4 aliphatic rings. The fourth-order valence-electron chi connectivity index (χ4n) is 4.94. The lowest BCUT2D eigenvalue weighted by Crippen LogP contribution is -2.55. The van der Waals surface area contributed by atoms with Crippen LogP contribution in [0.25, 0.3) is 0 Å². The number of likely N-dealkylation sites (tertiary alicyclic amines) is 1. The Labute approximate surface area is 176 Å². The van der Waals surface area contributed by atoms with Gasteiger partial charge in [0.25, 0.3) is 11.8 Å². The number of nitrogens with zero attached hydrogens (tertiary/aromatic N) is 4. The summed E-state index contributed by atoms with van der Waals surface area (Å²) in [7, 11) is 0. The molecule has 0 aromatic heterocycles. The monoisotopic (exact) mass is 420 g/mol. The summed E-state index contributed by atoms with van der Waals surface area (Å²) in [5.41, 5.74) is 1.66. The van der Waals surface area contributed by atoms with Gasteiger partial charge in [-0.25, -0.2) is 4.79 Å². The van der Waals surface area contributed by atoms with Gasteiger partial charge in [0.1, 0.15) is 5.54 Å². The Balaban J connectivity index is 1.21. The van der Waals surface area contributed by atoms with Crippen LogP contribution in [0.4, 0.5) is 4.79 Å². The predicted octanol–water partition coefficient (Wildman–Crippen LogP) is -0.488. The van der Waals surface area contributed by atoms with Crippen molar-refractivity contribution in [1.29, 1.82) is 0 Å². The molecule has 4 fully saturated rings. The Morgan fingerprint density at radius 1 is 0.833 bits per heavy atom. The third kappa shape index (κ3) is 4.44. The molecule has 2 N–H and O–H groups in total. The van der Waals surface area contributed by atoms with Gasteiger partial charge in [0.15, 0.2) is 0 Å². The Bertz CT molecular complexity index is 693. The van der Waals surface area contributed by atoms with Crippen LogP contribution in [0.1, 0.15) is 44.9 Å². The molecular weight excluding hydrogens is 388 g/mol. The molecule has 0 aromatic rings. The second kappa shape index (κ2) is 8.89. The summed E-state index contributed by atoms with van der Waals surface area (Å²) in [5, 5.41) is 3.65. The van der Waals surface area contributed by atoms with Crippen molar-refractivity contribution in [3.8, 4) is 0 Å². The van der Waals surface area contributed by atoms with Crippen LogP contribution in [0.15, 0.2) is 0 Å². The maximum absolute atomic E-state index is 12.7. The van der Waals surface area contributed by atoms with Crippen molar-refractivity contribution >= 4 is 23.8 Å². The fraction of sp³-hybridized carbons (Fsp3) is 0.800. The van der Waals surface area contributed by atoms with E-state index in [2.05, 4.69) is 15.6 Å². The quantitative estimate of drug-likeness (QED) is 0.582. The highest BCUT2D eigenvalue weighted by Crippen LogP contribution is 2.32. The van der Waals surface area contributed by atoms with Crippen molar-refractivity contribution < 1.29 is 19.2 Å². The summed E-state index contributed by atoms with van der Waals surface area (Å²) >= 11 is 0. The van der Waals surface area contributed by atoms with Gasteiger partial charge in [-0.15, -0.1) is 0 Å². The second-order valence-corrected chi connectivity index (χ2v) is 8.89. The first kappa shape index (κ1) is 21.0. The van der Waals surface area contributed by atoms with Crippen LogP contribution in [0.5, 0.6) is 0 Å². The molecule has 30 heavy (non-hydrogen) atoms. The molecule has 1 spiro atoms. The van der Waals surface area contributed by atoms with E-state index in [-0.39, 0.29) is 24.3 Å². The lowest BCUT2D eigenvalue weighted by molar-refractivity contribution is -0.140. The summed E-state index contributed by atoms with van der Waals surface area (Å²) < 4.78 is 0. The molecule has 10 nitrogen and oxygen atoms in total. The zero-order chi connectivity index (χ0) is 21.1. The average molecular weight is 421 g/mol. The molecule has 1 saturated carbocycles. The van der Waals surface area contributed by atoms with Gasteiger partial charge in [-0.05, 0) is 25.7 Å². The predicted molar refractivity (Wildman–Crippen MR) is 108 cm³/mol. The Hall–Kier alpha value is -2.20. The summed E-state index contributed by atoms with van der Waals surface area (Å²) in [5.74, 6) is -0.521. The van der Waals surface area contributed by atoms with Gasteiger partial charge in [0, 0.05) is 39.3 Å². The van der Waals surface area contributed by atoms with Gasteiger partial charge in [-0.2, -0.15) is 5.01 Å². The first-order valence-corrected chi connectivity index (χ1v) is 11.2. The number of carbonyl (C=O) groups is 4. The largest absolute Gasteiger partial charge is 0.344 e. The lowest BCUT2D eigenvalue weighted by Gasteiger charge is -2.34. The van der Waals surface area contributed by atoms with Crippen LogP contribution in [-0.2, 0) is 14.4 Å². The van der Waals surface area contributed by atoms with Gasteiger partial charge >= 0.3 is 6.03 Å². The van der Waals surface area contributed by atoms with Crippen LogP contribution in [0.2, 0.25) is 0 Å². The van der Waals surface area contributed by atoms with Gasteiger partial charge in [0.05, 0.1) is 13.1 Å². The lowest BCUT2D eigenvalue weighted by atomic mass is 9.82. The first-order valence-electron chi connectivity index (χ1n) is 11.2. The standard InChI is InChI=1S/C20H32N6O4/c27-16(22-26-18(29)20(21-19(26)30)6-2-1-3-7-20)14-23-10-12-24(13-11-23)15-17(28)25-8-4-5-9-25/h1-15H2,(H,21,30)(H,22,27). The molecule has 4 rings (SSSR count). The number of rotatable bonds is 5. The number of nitrogens with one attached hydrogen (secondary N) is 2. The highest BCUT2D eigenvalue weighted by molar-refractivity contribution is 6.08. The van der Waals surface area contributed by atoms with Crippen molar-refractivity contribution in [3.05, 3.63) is 0 Å². The molecule has 0 unspecified atom stereocenters. The minimum Gasteiger partial charge on any atom is -0.342 e. The van der Waals surface area contributed by atoms with Crippen molar-refractivity contribution in [1.82, 2.24) is 30.5 Å². The van der Waals surface area contributed by atoms with Crippen molar-refractivity contribution in [3.63, 3.8) is 0 Å². The number of hydrogen-bond donors (Lipinski definition) is 2. The second-order valence-electron chi connectivity index (χ2n) is 8.89. The van der Waals surface area contributed by atoms with Crippen molar-refractivity contribution in [2.24, 2.45) is 0 Å². The molecule has 10 heteroatoms. The normalized spacial score (nSPS) is 25.1. The van der Waals surface area contributed by atoms with E-state index in [0.29, 0.717) is 32.5 Å². The van der Waals surface area contributed by atoms with Crippen LogP contribution in [0, 0.1) is 0 Å². The molecule has 5 amide bonds. The molecule has 0 atom stereocenters. The maximum Gasteiger partial charge on any atom is 0.344 e. The van der Waals surface area contributed by atoms with E-state index >= 15 is 0 Å². The van der Waals surface area contributed by atoms with Gasteiger partial charge in [-0.1, -0.05) is 19.3 Å². The van der Waals surface area contributed by atoms with Gasteiger partial charge < -0.3 is 10.2 Å². The summed E-state index contributed by atoms with van der Waals surface area (Å²) in [4.78, 5) is 55.8. The van der Waals surface area contributed by atoms with E-state index in [1.165, 1.54) is 0 Å². The molecule has 0 bridgehead atoms. The average Bonchev–Trinajstić information content (AvgIpc) is 3.34. The number of urea groups is 1. The summed E-state index contributed by atoms with van der Waals surface area (Å²) in [6.45, 7) is 5.07. The van der Waals surface area contributed by atoms with Gasteiger partial charge in [-0.3, -0.25) is 29.6 Å². The third-order valence-electron chi connectivity index (χ3n) is 6.76. The molecule has 166 valence electrons. The number of hydrazine groups is 1. The molecule has 1 aliphatic carbocycles. The van der Waals surface area contributed by atoms with Crippen LogP contribution >= 0.6 is 0 Å². The minimum atomic E-state index is -0.837. The molecular formula is C20H32N6O4. The Morgan fingerprint density at radius 2 is 1.43 bits per heavy atom. The number of piperazine rings is 1. The Morgan fingerprint density at radius 3 is 2.07 bits per heavy atom.